The van der Waals surface area contributed by atoms with Gasteiger partial charge in [0, 0.05) is 35.1 Å². The smallest absolute Gasteiger partial charge is 0.408 e. The summed E-state index contributed by atoms with van der Waals surface area (Å²) in [6, 6.07) is 27.2. The van der Waals surface area contributed by atoms with Crippen molar-refractivity contribution in [2.24, 2.45) is 0 Å². The molecule has 0 radical (unpaired) electrons. The van der Waals surface area contributed by atoms with Gasteiger partial charge in [-0.25, -0.2) is 9.59 Å². The molecule has 0 saturated carbocycles. The van der Waals surface area contributed by atoms with Crippen molar-refractivity contribution in [2.45, 2.75) is 90.8 Å². The lowest BCUT2D eigenvalue weighted by Gasteiger charge is -2.23. The predicted octanol–water partition coefficient (Wildman–Crippen LogP) is 7.24. The van der Waals surface area contributed by atoms with Gasteiger partial charge in [0.25, 0.3) is 5.91 Å². The summed E-state index contributed by atoms with van der Waals surface area (Å²) in [5, 5.41) is 11.3. The lowest BCUT2D eigenvalue weighted by molar-refractivity contribution is -0.130. The van der Waals surface area contributed by atoms with Gasteiger partial charge < -0.3 is 30.7 Å². The van der Waals surface area contributed by atoms with Gasteiger partial charge in [0.1, 0.15) is 12.6 Å². The first-order valence-electron chi connectivity index (χ1n) is 20.3. The second kappa shape index (κ2) is 25.1. The molecule has 0 fully saturated rings. The van der Waals surface area contributed by atoms with E-state index in [1.165, 1.54) is 0 Å². The second-order valence-corrected chi connectivity index (χ2v) is 16.0. The van der Waals surface area contributed by atoms with Crippen LogP contribution in [0, 0.1) is 24.3 Å². The van der Waals surface area contributed by atoms with Crippen LogP contribution in [0.3, 0.4) is 0 Å². The molecule has 0 heterocycles. The van der Waals surface area contributed by atoms with Gasteiger partial charge in [-0.3, -0.25) is 19.2 Å². The van der Waals surface area contributed by atoms with Crippen LogP contribution < -0.4 is 21.3 Å². The minimum absolute atomic E-state index is 0.00372. The van der Waals surface area contributed by atoms with Crippen molar-refractivity contribution in [2.75, 3.05) is 19.7 Å². The molecule has 60 heavy (non-hydrogen) atoms. The molecular formula is C47H55IN4O8. The fourth-order valence-corrected chi connectivity index (χ4v) is 7.01. The normalized spacial score (nSPS) is 11.7. The molecule has 0 aromatic heterocycles. The van der Waals surface area contributed by atoms with Gasteiger partial charge in [-0.15, -0.1) is 0 Å². The summed E-state index contributed by atoms with van der Waals surface area (Å²) >= 11 is 2.19. The third-order valence-corrected chi connectivity index (χ3v) is 10.5. The Balaban J connectivity index is 1.30. The Morgan fingerprint density at radius 1 is 0.650 bits per heavy atom. The molecule has 4 rings (SSSR count). The number of ether oxygens (including phenoxy) is 2. The fraction of sp³-hybridized carbons (Fsp3) is 0.362. The zero-order chi connectivity index (χ0) is 43.3. The zero-order valence-electron chi connectivity index (χ0n) is 34.5. The number of ketones is 1. The molecule has 0 aliphatic rings. The molecule has 0 aliphatic heterocycles. The summed E-state index contributed by atoms with van der Waals surface area (Å²) in [5.41, 5.74) is 5.01. The Bertz CT molecular complexity index is 2020. The monoisotopic (exact) mass is 928 g/mol. The van der Waals surface area contributed by atoms with E-state index in [4.69, 9.17) is 9.47 Å². The van der Waals surface area contributed by atoms with E-state index in [-0.39, 0.29) is 31.3 Å². The molecule has 0 bridgehead atoms. The van der Waals surface area contributed by atoms with Crippen molar-refractivity contribution in [1.82, 2.24) is 21.3 Å². The molecule has 4 aromatic carbocycles. The lowest BCUT2D eigenvalue weighted by Crippen LogP contribution is -2.53. The molecule has 4 N–H and O–H groups in total. The highest BCUT2D eigenvalue weighted by atomic mass is 125. The average molecular weight is 929 g/mol. The van der Waals surface area contributed by atoms with E-state index >= 15 is 0 Å². The molecule has 13 heteroatoms. The van der Waals surface area contributed by atoms with E-state index in [0.717, 1.165) is 44.2 Å². The van der Waals surface area contributed by atoms with Gasteiger partial charge in [-0.1, -0.05) is 84.8 Å². The maximum atomic E-state index is 13.9. The first-order valence-corrected chi connectivity index (χ1v) is 21.4. The first kappa shape index (κ1) is 47.1. The second-order valence-electron chi connectivity index (χ2n) is 14.7. The van der Waals surface area contributed by atoms with Crippen molar-refractivity contribution in [3.8, 4) is 0 Å². The van der Waals surface area contributed by atoms with E-state index in [0.29, 0.717) is 49.9 Å². The van der Waals surface area contributed by atoms with Crippen LogP contribution in [0.1, 0.15) is 93.5 Å². The van der Waals surface area contributed by atoms with Crippen LogP contribution in [-0.2, 0) is 36.9 Å². The number of benzene rings is 4. The molecule has 12 nitrogen and oxygen atoms in total. The summed E-state index contributed by atoms with van der Waals surface area (Å²) < 4.78 is 12.0. The molecular weight excluding hydrogens is 873 g/mol. The summed E-state index contributed by atoms with van der Waals surface area (Å²) in [7, 11) is 0. The van der Waals surface area contributed by atoms with Crippen molar-refractivity contribution in [3.05, 3.63) is 140 Å². The van der Waals surface area contributed by atoms with Crippen LogP contribution in [0.25, 0.3) is 0 Å². The van der Waals surface area contributed by atoms with Gasteiger partial charge in [0.2, 0.25) is 11.8 Å². The Morgan fingerprint density at radius 2 is 1.27 bits per heavy atom. The lowest BCUT2D eigenvalue weighted by atomic mass is 10.00. The van der Waals surface area contributed by atoms with E-state index < -0.39 is 42.4 Å². The largest absolute Gasteiger partial charge is 0.454 e. The summed E-state index contributed by atoms with van der Waals surface area (Å²) in [6.07, 6.45) is 3.06. The third kappa shape index (κ3) is 16.6. The molecule has 0 saturated heterocycles. The van der Waals surface area contributed by atoms with Gasteiger partial charge >= 0.3 is 12.1 Å². The van der Waals surface area contributed by atoms with E-state index in [2.05, 4.69) is 43.9 Å². The number of rotatable bonds is 23. The van der Waals surface area contributed by atoms with Crippen LogP contribution in [-0.4, -0.2) is 67.3 Å². The molecule has 2 atom stereocenters. The number of carbonyl (C=O) groups is 6. The van der Waals surface area contributed by atoms with E-state index in [1.54, 1.807) is 26.0 Å². The maximum Gasteiger partial charge on any atom is 0.408 e. The topological polar surface area (TPSA) is 169 Å². The number of aryl methyl sites for hydroxylation is 3. The number of carbonyl (C=O) groups excluding carboxylic acids is 6. The SMILES string of the molecule is Cc1cc(C)c(C(=O)OCC(=O)[C@H](CCCCNC(=O)CCCCCNC(=O)c2ccc([125I])cc2)NC(=O)[C@H](Cc2ccccc2)NC(=O)OCc2ccccc2)c(C)c1. The molecule has 4 aromatic rings. The van der Waals surface area contributed by atoms with E-state index in [9.17, 15) is 28.8 Å². The number of Topliss-reactive ketones (excluding diaryl/α,β-unsaturated/α-hetero) is 1. The van der Waals surface area contributed by atoms with Crippen molar-refractivity contribution in [1.29, 1.82) is 0 Å². The molecule has 0 spiro atoms. The molecule has 0 unspecified atom stereocenters. The quantitative estimate of drug-likeness (QED) is 0.0343. The Labute approximate surface area is 366 Å². The molecule has 0 aliphatic carbocycles. The third-order valence-electron chi connectivity index (χ3n) is 9.75. The highest BCUT2D eigenvalue weighted by molar-refractivity contribution is 14.1. The van der Waals surface area contributed by atoms with Crippen LogP contribution >= 0.6 is 22.6 Å². The van der Waals surface area contributed by atoms with Crippen LogP contribution in [0.4, 0.5) is 4.79 Å². The highest BCUT2D eigenvalue weighted by Gasteiger charge is 2.28. The Morgan fingerprint density at radius 3 is 1.93 bits per heavy atom. The fourth-order valence-electron chi connectivity index (χ4n) is 6.65. The Kier molecular flexibility index (Phi) is 19.7. The molecule has 318 valence electrons. The number of unbranched alkanes of at least 4 members (excludes halogenated alkanes) is 3. The summed E-state index contributed by atoms with van der Waals surface area (Å²) in [4.78, 5) is 78.5. The van der Waals surface area contributed by atoms with Gasteiger partial charge in [-0.05, 0) is 122 Å². The number of halogens is 1. The van der Waals surface area contributed by atoms with Crippen LogP contribution in [0.2, 0.25) is 0 Å². The van der Waals surface area contributed by atoms with E-state index in [1.807, 2.05) is 91.9 Å². The minimum Gasteiger partial charge on any atom is -0.454 e. The van der Waals surface area contributed by atoms with Crippen molar-refractivity contribution < 1.29 is 38.2 Å². The van der Waals surface area contributed by atoms with Crippen molar-refractivity contribution >= 4 is 58.2 Å². The van der Waals surface area contributed by atoms with Gasteiger partial charge in [0.15, 0.2) is 12.4 Å². The standard InChI is InChI=1S/C47H55IN4O8/c1-32-27-33(2)43(34(3)28-32)46(57)59-31-41(53)39(19-12-14-25-49-42(54)20-11-6-13-26-50-44(55)37-21-23-38(48)24-22-37)51-45(56)40(29-35-15-7-4-8-16-35)52-47(58)60-30-36-17-9-5-10-18-36/h4-5,7-10,15-18,21-24,27-28,39-40H,6,11-14,19-20,25-26,29-31H2,1-3H3,(H,49,54)(H,50,55)(H,51,56)(H,52,58)/t39-,40-/m0/s1/i48-2. The number of hydrogen-bond acceptors (Lipinski definition) is 8. The number of esters is 1. The number of amides is 4. The maximum absolute atomic E-state index is 13.9. The van der Waals surface area contributed by atoms with Crippen LogP contribution in [0.15, 0.2) is 97.1 Å². The number of nitrogens with one attached hydrogen (secondary N) is 4. The Hall–Kier alpha value is -5.57. The predicted molar refractivity (Wildman–Crippen MR) is 238 cm³/mol. The van der Waals surface area contributed by atoms with Crippen molar-refractivity contribution in [3.63, 3.8) is 0 Å². The average Bonchev–Trinajstić information content (AvgIpc) is 3.23. The number of alkyl carbamates (subject to hydrolysis) is 1. The first-order chi connectivity index (χ1) is 28.9. The minimum atomic E-state index is -1.09. The van der Waals surface area contributed by atoms with Crippen LogP contribution in [0.5, 0.6) is 0 Å². The summed E-state index contributed by atoms with van der Waals surface area (Å²) in [6.45, 7) is 5.86. The molecule has 4 amide bonds. The zero-order valence-corrected chi connectivity index (χ0v) is 36.7. The van der Waals surface area contributed by atoms with Gasteiger partial charge in [-0.2, -0.15) is 0 Å². The number of hydrogen-bond donors (Lipinski definition) is 4. The highest BCUT2D eigenvalue weighted by Crippen LogP contribution is 2.18. The van der Waals surface area contributed by atoms with Gasteiger partial charge in [0.05, 0.1) is 11.6 Å². The summed E-state index contributed by atoms with van der Waals surface area (Å²) in [5.74, 6) is -1.97.